The van der Waals surface area contributed by atoms with Crippen LogP contribution in [0.2, 0.25) is 0 Å². The van der Waals surface area contributed by atoms with Gasteiger partial charge in [-0.15, -0.1) is 0 Å². The van der Waals surface area contributed by atoms with E-state index in [1.165, 1.54) is 4.90 Å². The van der Waals surface area contributed by atoms with E-state index in [9.17, 15) is 14.4 Å². The third-order valence-corrected chi connectivity index (χ3v) is 4.64. The highest BCUT2D eigenvalue weighted by Crippen LogP contribution is 2.17. The van der Waals surface area contributed by atoms with Crippen molar-refractivity contribution in [3.8, 4) is 0 Å². The number of carbonyl (C=O) groups excluding carboxylic acids is 3. The van der Waals surface area contributed by atoms with E-state index in [1.54, 1.807) is 0 Å². The molecule has 0 spiro atoms. The van der Waals surface area contributed by atoms with Crippen LogP contribution < -0.4 is 10.2 Å². The molecule has 2 amide bonds. The van der Waals surface area contributed by atoms with Gasteiger partial charge in [0.25, 0.3) is 5.91 Å². The van der Waals surface area contributed by atoms with Crippen LogP contribution in [-0.2, 0) is 19.1 Å². The highest BCUT2D eigenvalue weighted by atomic mass is 16.5. The molecule has 27 heavy (non-hydrogen) atoms. The van der Waals surface area contributed by atoms with Gasteiger partial charge in [0.05, 0.1) is 0 Å². The number of carbonyl (C=O) groups is 3. The van der Waals surface area contributed by atoms with Crippen molar-refractivity contribution in [3.05, 3.63) is 24.3 Å². The predicted molar refractivity (Wildman–Crippen MR) is 105 cm³/mol. The van der Waals surface area contributed by atoms with E-state index in [2.05, 4.69) is 24.1 Å². The van der Waals surface area contributed by atoms with Gasteiger partial charge in [-0.3, -0.25) is 14.4 Å². The quantitative estimate of drug-likeness (QED) is 0.706. The fraction of sp³-hybridized carbons (Fsp3) is 0.550. The van der Waals surface area contributed by atoms with Gasteiger partial charge in [0.2, 0.25) is 5.91 Å². The number of likely N-dealkylation sites (tertiary alicyclic amines) is 1. The van der Waals surface area contributed by atoms with Crippen LogP contribution in [0, 0.1) is 0 Å². The fourth-order valence-corrected chi connectivity index (χ4v) is 3.09. The molecule has 0 atom stereocenters. The molecular formula is C20H29N3O4. The highest BCUT2D eigenvalue weighted by molar-refractivity contribution is 5.93. The van der Waals surface area contributed by atoms with Crippen molar-refractivity contribution < 1.29 is 19.1 Å². The molecule has 1 saturated heterocycles. The first kappa shape index (κ1) is 20.7. The number of anilines is 2. The van der Waals surface area contributed by atoms with Gasteiger partial charge >= 0.3 is 5.97 Å². The van der Waals surface area contributed by atoms with Crippen molar-refractivity contribution in [3.63, 3.8) is 0 Å². The summed E-state index contributed by atoms with van der Waals surface area (Å²) >= 11 is 0. The molecule has 0 aromatic heterocycles. The Balaban J connectivity index is 1.76. The third kappa shape index (κ3) is 6.58. The van der Waals surface area contributed by atoms with Crippen LogP contribution in [-0.4, -0.2) is 55.5 Å². The molecule has 148 valence electrons. The largest absolute Gasteiger partial charge is 0.454 e. The molecule has 0 aliphatic carbocycles. The second kappa shape index (κ2) is 10.5. The van der Waals surface area contributed by atoms with Gasteiger partial charge in [0.1, 0.15) is 6.54 Å². The van der Waals surface area contributed by atoms with E-state index in [0.29, 0.717) is 18.7 Å². The van der Waals surface area contributed by atoms with Crippen LogP contribution in [0.5, 0.6) is 0 Å². The van der Waals surface area contributed by atoms with Crippen LogP contribution in [0.4, 0.5) is 11.4 Å². The highest BCUT2D eigenvalue weighted by Gasteiger charge is 2.20. The maximum Gasteiger partial charge on any atom is 0.326 e. The third-order valence-electron chi connectivity index (χ3n) is 4.64. The molecule has 7 nitrogen and oxygen atoms in total. The van der Waals surface area contributed by atoms with Gasteiger partial charge in [-0.05, 0) is 51.0 Å². The molecule has 1 N–H and O–H groups in total. The number of hydrogen-bond acceptors (Lipinski definition) is 5. The minimum atomic E-state index is -0.558. The first-order chi connectivity index (χ1) is 13.0. The SMILES string of the molecule is CCN(CC)c1ccc(NC(=O)COC(=O)CN2CCCCCC2=O)cc1. The second-order valence-electron chi connectivity index (χ2n) is 6.55. The van der Waals surface area contributed by atoms with Crippen LogP contribution in [0.25, 0.3) is 0 Å². The van der Waals surface area contributed by atoms with Crippen LogP contribution >= 0.6 is 0 Å². The molecule has 1 aliphatic rings. The Morgan fingerprint density at radius 1 is 1.11 bits per heavy atom. The standard InChI is InChI=1S/C20H29N3O4/c1-3-22(4-2)17-11-9-16(10-12-17)21-18(24)15-27-20(26)14-23-13-7-5-6-8-19(23)25/h9-12H,3-8,13-15H2,1-2H3,(H,21,24). The summed E-state index contributed by atoms with van der Waals surface area (Å²) in [6.07, 6.45) is 3.22. The molecule has 1 heterocycles. The number of nitrogens with one attached hydrogen (secondary N) is 1. The van der Waals surface area contributed by atoms with Crippen LogP contribution in [0.3, 0.4) is 0 Å². The number of ether oxygens (including phenoxy) is 1. The smallest absolute Gasteiger partial charge is 0.326 e. The zero-order chi connectivity index (χ0) is 19.6. The first-order valence-electron chi connectivity index (χ1n) is 9.61. The summed E-state index contributed by atoms with van der Waals surface area (Å²) in [7, 11) is 0. The second-order valence-corrected chi connectivity index (χ2v) is 6.55. The van der Waals surface area contributed by atoms with E-state index < -0.39 is 11.9 Å². The molecule has 1 fully saturated rings. The lowest BCUT2D eigenvalue weighted by molar-refractivity contribution is -0.151. The molecule has 0 unspecified atom stereocenters. The van der Waals surface area contributed by atoms with Crippen molar-refractivity contribution in [2.75, 3.05) is 43.0 Å². The average Bonchev–Trinajstić information content (AvgIpc) is 2.87. The Morgan fingerprint density at radius 2 is 1.81 bits per heavy atom. The summed E-state index contributed by atoms with van der Waals surface area (Å²) in [6, 6.07) is 7.53. The van der Waals surface area contributed by atoms with Crippen LogP contribution in [0.15, 0.2) is 24.3 Å². The molecule has 0 saturated carbocycles. The minimum Gasteiger partial charge on any atom is -0.454 e. The van der Waals surface area contributed by atoms with Gasteiger partial charge in [-0.2, -0.15) is 0 Å². The van der Waals surface area contributed by atoms with Gasteiger partial charge in [-0.1, -0.05) is 6.42 Å². The lowest BCUT2D eigenvalue weighted by Gasteiger charge is -2.21. The van der Waals surface area contributed by atoms with Crippen molar-refractivity contribution >= 4 is 29.2 Å². The maximum absolute atomic E-state index is 12.0. The van der Waals surface area contributed by atoms with E-state index in [-0.39, 0.29) is 19.1 Å². The minimum absolute atomic E-state index is 0.0257. The fourth-order valence-electron chi connectivity index (χ4n) is 3.09. The number of hydrogen-bond donors (Lipinski definition) is 1. The maximum atomic E-state index is 12.0. The van der Waals surface area contributed by atoms with Crippen molar-refractivity contribution in [1.82, 2.24) is 4.90 Å². The molecule has 7 heteroatoms. The van der Waals surface area contributed by atoms with Crippen molar-refractivity contribution in [2.24, 2.45) is 0 Å². The average molecular weight is 375 g/mol. The molecule has 1 aromatic rings. The summed E-state index contributed by atoms with van der Waals surface area (Å²) in [5.74, 6) is -0.986. The lowest BCUT2D eigenvalue weighted by atomic mass is 10.2. The molecule has 0 radical (unpaired) electrons. The zero-order valence-electron chi connectivity index (χ0n) is 16.2. The van der Waals surface area contributed by atoms with E-state index in [0.717, 1.165) is 38.0 Å². The Kier molecular flexibility index (Phi) is 8.10. The Hall–Kier alpha value is -2.57. The Bertz CT molecular complexity index is 641. The molecule has 1 aromatic carbocycles. The monoisotopic (exact) mass is 375 g/mol. The van der Waals surface area contributed by atoms with Crippen molar-refractivity contribution in [2.45, 2.75) is 39.5 Å². The zero-order valence-corrected chi connectivity index (χ0v) is 16.2. The summed E-state index contributed by atoms with van der Waals surface area (Å²) < 4.78 is 5.01. The lowest BCUT2D eigenvalue weighted by Crippen LogP contribution is -2.36. The first-order valence-corrected chi connectivity index (χ1v) is 9.61. The predicted octanol–water partition coefficient (Wildman–Crippen LogP) is 2.42. The summed E-state index contributed by atoms with van der Waals surface area (Å²) in [5.41, 5.74) is 1.74. The normalized spacial score (nSPS) is 14.4. The number of esters is 1. The number of benzene rings is 1. The van der Waals surface area contributed by atoms with Gasteiger partial charge in [0, 0.05) is 37.4 Å². The van der Waals surface area contributed by atoms with Crippen molar-refractivity contribution in [1.29, 1.82) is 0 Å². The topological polar surface area (TPSA) is 79.0 Å². The molecular weight excluding hydrogens is 346 g/mol. The van der Waals surface area contributed by atoms with Gasteiger partial charge < -0.3 is 19.9 Å². The number of nitrogens with zero attached hydrogens (tertiary/aromatic N) is 2. The molecule has 0 bridgehead atoms. The molecule has 2 rings (SSSR count). The summed E-state index contributed by atoms with van der Waals surface area (Å²) in [6.45, 7) is 6.12. The van der Waals surface area contributed by atoms with E-state index in [4.69, 9.17) is 4.74 Å². The Labute approximate surface area is 160 Å². The molecule has 1 aliphatic heterocycles. The number of amides is 2. The van der Waals surface area contributed by atoms with E-state index >= 15 is 0 Å². The number of rotatable bonds is 8. The van der Waals surface area contributed by atoms with Crippen LogP contribution in [0.1, 0.15) is 39.5 Å². The van der Waals surface area contributed by atoms with Gasteiger partial charge in [-0.25, -0.2) is 0 Å². The Morgan fingerprint density at radius 3 is 2.48 bits per heavy atom. The van der Waals surface area contributed by atoms with Gasteiger partial charge in [0.15, 0.2) is 6.61 Å². The summed E-state index contributed by atoms with van der Waals surface area (Å²) in [5, 5.41) is 2.71. The summed E-state index contributed by atoms with van der Waals surface area (Å²) in [4.78, 5) is 39.5. The van der Waals surface area contributed by atoms with E-state index in [1.807, 2.05) is 24.3 Å².